The molecule has 6 nitrogen and oxygen atoms in total. The normalized spacial score (nSPS) is 17.9. The highest BCUT2D eigenvalue weighted by Gasteiger charge is 2.47. The number of hydrogen-bond acceptors (Lipinski definition) is 4. The Morgan fingerprint density at radius 3 is 2.56 bits per heavy atom. The molecule has 32 heavy (non-hydrogen) atoms. The van der Waals surface area contributed by atoms with Crippen LogP contribution in [0.4, 0.5) is 24.7 Å². The molecule has 0 bridgehead atoms. The van der Waals surface area contributed by atoms with Crippen LogP contribution in [0.25, 0.3) is 0 Å². The maximum Gasteiger partial charge on any atom is 0.410 e. The van der Waals surface area contributed by atoms with Crippen molar-refractivity contribution in [3.63, 3.8) is 0 Å². The fourth-order valence-electron chi connectivity index (χ4n) is 3.55. The van der Waals surface area contributed by atoms with Crippen molar-refractivity contribution in [2.24, 2.45) is 0 Å². The molecule has 11 heteroatoms. The third-order valence-corrected chi connectivity index (χ3v) is 5.70. The molecular weight excluding hydrogens is 468 g/mol. The highest BCUT2D eigenvalue weighted by Crippen LogP contribution is 2.46. The molecule has 2 aromatic carbocycles. The van der Waals surface area contributed by atoms with Crippen LogP contribution in [0.1, 0.15) is 34.6 Å². The van der Waals surface area contributed by atoms with E-state index in [0.717, 1.165) is 4.68 Å². The minimum absolute atomic E-state index is 0.0719. The van der Waals surface area contributed by atoms with Crippen LogP contribution in [0.5, 0.6) is 5.75 Å². The molecule has 168 valence electrons. The Labute approximate surface area is 191 Å². The lowest BCUT2D eigenvalue weighted by Crippen LogP contribution is -2.35. The molecule has 0 radical (unpaired) electrons. The van der Waals surface area contributed by atoms with Crippen LogP contribution in [0.3, 0.4) is 0 Å². The molecule has 0 saturated carbocycles. The van der Waals surface area contributed by atoms with Crippen molar-refractivity contribution in [1.29, 1.82) is 0 Å². The molecule has 2 atom stereocenters. The van der Waals surface area contributed by atoms with E-state index in [9.17, 15) is 18.0 Å². The number of amides is 1. The highest BCUT2D eigenvalue weighted by atomic mass is 35.5. The number of nitrogens with one attached hydrogen (secondary N) is 2. The summed E-state index contributed by atoms with van der Waals surface area (Å²) < 4.78 is 47.5. The number of anilines is 2. The van der Waals surface area contributed by atoms with Crippen LogP contribution < -0.4 is 15.4 Å². The Morgan fingerprint density at radius 1 is 1.22 bits per heavy atom. The third kappa shape index (κ3) is 4.35. The second-order valence-electron chi connectivity index (χ2n) is 7.18. The summed E-state index contributed by atoms with van der Waals surface area (Å²) in [6.45, 7) is 0. The first-order valence-corrected chi connectivity index (χ1v) is 10.2. The van der Waals surface area contributed by atoms with Crippen molar-refractivity contribution >= 4 is 40.6 Å². The predicted molar refractivity (Wildman–Crippen MR) is 116 cm³/mol. The fraction of sp³-hybridized carbons (Fsp3) is 0.238. The van der Waals surface area contributed by atoms with Gasteiger partial charge in [-0.25, -0.2) is 4.68 Å². The molecule has 1 aliphatic heterocycles. The van der Waals surface area contributed by atoms with Gasteiger partial charge in [-0.3, -0.25) is 4.79 Å². The van der Waals surface area contributed by atoms with E-state index < -0.39 is 24.2 Å². The Balaban J connectivity index is 1.68. The van der Waals surface area contributed by atoms with E-state index >= 15 is 0 Å². The van der Waals surface area contributed by atoms with Gasteiger partial charge >= 0.3 is 6.18 Å². The number of aromatic nitrogens is 2. The number of hydrogen-bond donors (Lipinski definition) is 2. The van der Waals surface area contributed by atoms with E-state index in [0.29, 0.717) is 22.0 Å². The molecule has 1 amide bonds. The quantitative estimate of drug-likeness (QED) is 0.468. The molecule has 4 rings (SSSR count). The summed E-state index contributed by atoms with van der Waals surface area (Å²) in [6, 6.07) is 10.4. The Bertz CT molecular complexity index is 1150. The van der Waals surface area contributed by atoms with Crippen molar-refractivity contribution < 1.29 is 22.7 Å². The predicted octanol–water partition coefficient (Wildman–Crippen LogP) is 6.11. The van der Waals surface area contributed by atoms with Gasteiger partial charge in [-0.05, 0) is 35.9 Å². The lowest BCUT2D eigenvalue weighted by Gasteiger charge is -2.33. The second kappa shape index (κ2) is 8.55. The minimum atomic E-state index is -4.60. The Morgan fingerprint density at radius 2 is 1.94 bits per heavy atom. The van der Waals surface area contributed by atoms with Gasteiger partial charge in [-0.15, -0.1) is 0 Å². The SMILES string of the molecule is COc1ccc(C2CC(C(F)(F)F)n3nc(C(=O)Nc4cccc(Cl)c4)c(Cl)c3N2)cc1. The van der Waals surface area contributed by atoms with E-state index in [1.165, 1.54) is 13.2 Å². The summed E-state index contributed by atoms with van der Waals surface area (Å²) in [5.41, 5.74) is 0.660. The van der Waals surface area contributed by atoms with E-state index in [1.54, 1.807) is 42.5 Å². The van der Waals surface area contributed by atoms with Crippen molar-refractivity contribution in [2.75, 3.05) is 17.7 Å². The monoisotopic (exact) mass is 484 g/mol. The number of rotatable bonds is 4. The number of carbonyl (C=O) groups is 1. The molecule has 2 N–H and O–H groups in total. The summed E-state index contributed by atoms with van der Waals surface area (Å²) >= 11 is 12.2. The van der Waals surface area contributed by atoms with E-state index in [-0.39, 0.29) is 23.0 Å². The topological polar surface area (TPSA) is 68.2 Å². The second-order valence-corrected chi connectivity index (χ2v) is 8.00. The van der Waals surface area contributed by atoms with Crippen molar-refractivity contribution in [1.82, 2.24) is 9.78 Å². The summed E-state index contributed by atoms with van der Waals surface area (Å²) in [6.07, 6.45) is -4.92. The van der Waals surface area contributed by atoms with Gasteiger partial charge in [-0.2, -0.15) is 18.3 Å². The Kier molecular flexibility index (Phi) is 5.96. The van der Waals surface area contributed by atoms with Gasteiger partial charge in [0.15, 0.2) is 11.7 Å². The van der Waals surface area contributed by atoms with Crippen LogP contribution in [-0.2, 0) is 0 Å². The Hall–Kier alpha value is -2.91. The van der Waals surface area contributed by atoms with Gasteiger partial charge in [0.2, 0.25) is 0 Å². The maximum atomic E-state index is 13.9. The molecule has 2 unspecified atom stereocenters. The lowest BCUT2D eigenvalue weighted by atomic mass is 9.97. The molecule has 1 aromatic heterocycles. The average molecular weight is 485 g/mol. The van der Waals surface area contributed by atoms with Crippen LogP contribution in [0.15, 0.2) is 48.5 Å². The fourth-order valence-corrected chi connectivity index (χ4v) is 4.00. The smallest absolute Gasteiger partial charge is 0.410 e. The van der Waals surface area contributed by atoms with Gasteiger partial charge in [-0.1, -0.05) is 41.4 Å². The highest BCUT2D eigenvalue weighted by molar-refractivity contribution is 6.36. The zero-order valence-electron chi connectivity index (χ0n) is 16.6. The number of benzene rings is 2. The van der Waals surface area contributed by atoms with E-state index in [1.807, 2.05) is 0 Å². The first kappa shape index (κ1) is 22.3. The van der Waals surface area contributed by atoms with Crippen LogP contribution in [-0.4, -0.2) is 29.0 Å². The molecule has 0 saturated heterocycles. The van der Waals surface area contributed by atoms with Crippen LogP contribution >= 0.6 is 23.2 Å². The number of halogens is 5. The maximum absolute atomic E-state index is 13.9. The number of alkyl halides is 3. The number of fused-ring (bicyclic) bond motifs is 1. The van der Waals surface area contributed by atoms with Crippen LogP contribution in [0, 0.1) is 0 Å². The molecule has 1 aliphatic rings. The zero-order chi connectivity index (χ0) is 23.0. The van der Waals surface area contributed by atoms with Gasteiger partial charge in [0.05, 0.1) is 13.2 Å². The number of ether oxygens (including phenoxy) is 1. The van der Waals surface area contributed by atoms with Crippen molar-refractivity contribution in [3.05, 3.63) is 69.8 Å². The zero-order valence-corrected chi connectivity index (χ0v) is 18.1. The molecule has 0 fully saturated rings. The third-order valence-electron chi connectivity index (χ3n) is 5.11. The average Bonchev–Trinajstić information content (AvgIpc) is 3.09. The standard InChI is InChI=1S/C21H17Cl2F3N4O2/c1-32-14-7-5-11(6-8-14)15-10-16(21(24,25)26)30-19(28-15)17(23)18(29-30)20(31)27-13-4-2-3-12(22)9-13/h2-9,15-16,28H,10H2,1H3,(H,27,31). The van der Waals surface area contributed by atoms with Gasteiger partial charge in [0, 0.05) is 17.1 Å². The number of carbonyl (C=O) groups excluding carboxylic acids is 1. The molecular formula is C21H17Cl2F3N4O2. The summed E-state index contributed by atoms with van der Waals surface area (Å²) in [7, 11) is 1.50. The van der Waals surface area contributed by atoms with Crippen molar-refractivity contribution in [3.8, 4) is 5.75 Å². The number of methoxy groups -OCH3 is 1. The van der Waals surface area contributed by atoms with Gasteiger partial charge in [0.1, 0.15) is 16.6 Å². The van der Waals surface area contributed by atoms with Crippen LogP contribution in [0.2, 0.25) is 10.0 Å². The summed E-state index contributed by atoms with van der Waals surface area (Å²) in [4.78, 5) is 12.7. The van der Waals surface area contributed by atoms with Crippen molar-refractivity contribution in [2.45, 2.75) is 24.7 Å². The first-order chi connectivity index (χ1) is 15.2. The lowest BCUT2D eigenvalue weighted by molar-refractivity contribution is -0.173. The molecule has 3 aromatic rings. The minimum Gasteiger partial charge on any atom is -0.497 e. The summed E-state index contributed by atoms with van der Waals surface area (Å²) in [5, 5.41) is 9.65. The molecule has 0 spiro atoms. The number of nitrogens with zero attached hydrogens (tertiary/aromatic N) is 2. The first-order valence-electron chi connectivity index (χ1n) is 9.49. The van der Waals surface area contributed by atoms with Gasteiger partial charge < -0.3 is 15.4 Å². The van der Waals surface area contributed by atoms with E-state index in [2.05, 4.69) is 15.7 Å². The summed E-state index contributed by atoms with van der Waals surface area (Å²) in [5.74, 6) is -0.236. The van der Waals surface area contributed by atoms with E-state index in [4.69, 9.17) is 27.9 Å². The van der Waals surface area contributed by atoms with Gasteiger partial charge in [0.25, 0.3) is 5.91 Å². The molecule has 2 heterocycles. The molecule has 0 aliphatic carbocycles. The largest absolute Gasteiger partial charge is 0.497 e.